The first-order valence-corrected chi connectivity index (χ1v) is 5.77. The van der Waals surface area contributed by atoms with Gasteiger partial charge in [-0.1, -0.05) is 12.1 Å². The quantitative estimate of drug-likeness (QED) is 0.819. The Kier molecular flexibility index (Phi) is 3.96. The van der Waals surface area contributed by atoms with E-state index in [1.165, 1.54) is 0 Å². The number of aliphatic hydroxyl groups excluding tert-OH is 1. The molecule has 1 heterocycles. The van der Waals surface area contributed by atoms with Crippen molar-refractivity contribution < 1.29 is 9.84 Å². The second kappa shape index (κ2) is 5.66. The molecule has 0 aliphatic carbocycles. The van der Waals surface area contributed by atoms with Crippen molar-refractivity contribution in [2.75, 3.05) is 13.2 Å². The number of hydrogen-bond acceptors (Lipinski definition) is 4. The molecule has 0 radical (unpaired) electrons. The summed E-state index contributed by atoms with van der Waals surface area (Å²) in [6.07, 6.45) is 3.75. The summed E-state index contributed by atoms with van der Waals surface area (Å²) in [7, 11) is 1.88. The third kappa shape index (κ3) is 3.09. The molecule has 0 aliphatic heterocycles. The summed E-state index contributed by atoms with van der Waals surface area (Å²) in [4.78, 5) is 0. The molecule has 0 saturated heterocycles. The zero-order chi connectivity index (χ0) is 13.0. The highest BCUT2D eigenvalue weighted by molar-refractivity contribution is 5.63. The van der Waals surface area contributed by atoms with Gasteiger partial charge in [0.25, 0.3) is 0 Å². The minimum atomic E-state index is -0.355. The van der Waals surface area contributed by atoms with E-state index < -0.39 is 0 Å². The molecule has 1 aromatic heterocycles. The second-order valence-corrected chi connectivity index (χ2v) is 4.18. The van der Waals surface area contributed by atoms with E-state index in [2.05, 4.69) is 5.10 Å². The van der Waals surface area contributed by atoms with E-state index in [9.17, 15) is 0 Å². The van der Waals surface area contributed by atoms with Crippen LogP contribution >= 0.6 is 0 Å². The maximum absolute atomic E-state index is 8.83. The smallest absolute Gasteiger partial charge is 0.120 e. The van der Waals surface area contributed by atoms with Crippen LogP contribution in [0.15, 0.2) is 36.7 Å². The van der Waals surface area contributed by atoms with Crippen LogP contribution in [0.2, 0.25) is 0 Å². The Morgan fingerprint density at radius 3 is 2.94 bits per heavy atom. The van der Waals surface area contributed by atoms with Gasteiger partial charge in [0.15, 0.2) is 0 Å². The molecule has 0 aliphatic rings. The van der Waals surface area contributed by atoms with Gasteiger partial charge in [0, 0.05) is 18.8 Å². The molecule has 3 N–H and O–H groups in total. The second-order valence-electron chi connectivity index (χ2n) is 4.18. The molecule has 96 valence electrons. The summed E-state index contributed by atoms with van der Waals surface area (Å²) in [5.74, 6) is 0.736. The minimum Gasteiger partial charge on any atom is -0.492 e. The Labute approximate surface area is 106 Å². The summed E-state index contributed by atoms with van der Waals surface area (Å²) >= 11 is 0. The monoisotopic (exact) mass is 247 g/mol. The van der Waals surface area contributed by atoms with Crippen LogP contribution in [0, 0.1) is 0 Å². The number of nitrogens with two attached hydrogens (primary N) is 1. The van der Waals surface area contributed by atoms with Gasteiger partial charge >= 0.3 is 0 Å². The molecule has 0 bridgehead atoms. The number of aryl methyl sites for hydroxylation is 1. The average molecular weight is 247 g/mol. The molecule has 0 amide bonds. The number of hydrogen-bond donors (Lipinski definition) is 2. The van der Waals surface area contributed by atoms with Gasteiger partial charge in [-0.3, -0.25) is 4.68 Å². The molecule has 18 heavy (non-hydrogen) atoms. The predicted octanol–water partition coefficient (Wildman–Crippen LogP) is 0.785. The van der Waals surface area contributed by atoms with Crippen molar-refractivity contribution in [3.8, 4) is 16.9 Å². The molecular weight excluding hydrogens is 230 g/mol. The zero-order valence-corrected chi connectivity index (χ0v) is 10.3. The lowest BCUT2D eigenvalue weighted by molar-refractivity contribution is 0.206. The molecular formula is C13H17N3O2. The molecule has 5 nitrogen and oxygen atoms in total. The van der Waals surface area contributed by atoms with E-state index in [0.29, 0.717) is 6.61 Å². The first-order chi connectivity index (χ1) is 8.69. The lowest BCUT2D eigenvalue weighted by atomic mass is 10.1. The van der Waals surface area contributed by atoms with Crippen LogP contribution in [-0.2, 0) is 7.05 Å². The van der Waals surface area contributed by atoms with Crippen molar-refractivity contribution in [1.82, 2.24) is 9.78 Å². The maximum atomic E-state index is 8.83. The number of nitrogens with zero attached hydrogens (tertiary/aromatic N) is 2. The standard InChI is InChI=1S/C13H17N3O2/c1-16-7-11(6-15-16)10-3-2-4-13(5-10)18-9-12(14)8-17/h2-7,12,17H,8-9,14H2,1H3. The normalized spacial score (nSPS) is 12.4. The van der Waals surface area contributed by atoms with Crippen LogP contribution < -0.4 is 10.5 Å². The number of ether oxygens (including phenoxy) is 1. The Bertz CT molecular complexity index is 510. The van der Waals surface area contributed by atoms with Crippen molar-refractivity contribution in [1.29, 1.82) is 0 Å². The van der Waals surface area contributed by atoms with Crippen molar-refractivity contribution in [3.05, 3.63) is 36.7 Å². The topological polar surface area (TPSA) is 73.3 Å². The largest absolute Gasteiger partial charge is 0.492 e. The lowest BCUT2D eigenvalue weighted by Crippen LogP contribution is -2.31. The maximum Gasteiger partial charge on any atom is 0.120 e. The Hall–Kier alpha value is -1.85. The Morgan fingerprint density at radius 2 is 2.28 bits per heavy atom. The van der Waals surface area contributed by atoms with Crippen LogP contribution in [-0.4, -0.2) is 34.1 Å². The summed E-state index contributed by atoms with van der Waals surface area (Å²) in [6.45, 7) is 0.218. The molecule has 2 aromatic rings. The molecule has 1 aromatic carbocycles. The number of aliphatic hydroxyl groups is 1. The van der Waals surface area contributed by atoms with Crippen LogP contribution in [0.4, 0.5) is 0 Å². The molecule has 5 heteroatoms. The molecule has 1 unspecified atom stereocenters. The van der Waals surface area contributed by atoms with E-state index in [0.717, 1.165) is 16.9 Å². The first kappa shape index (κ1) is 12.6. The van der Waals surface area contributed by atoms with Gasteiger partial charge in [-0.25, -0.2) is 0 Å². The highest BCUT2D eigenvalue weighted by atomic mass is 16.5. The van der Waals surface area contributed by atoms with E-state index in [1.807, 2.05) is 37.5 Å². The van der Waals surface area contributed by atoms with E-state index >= 15 is 0 Å². The number of rotatable bonds is 5. The predicted molar refractivity (Wildman–Crippen MR) is 69.2 cm³/mol. The van der Waals surface area contributed by atoms with Gasteiger partial charge in [-0.2, -0.15) is 5.10 Å². The van der Waals surface area contributed by atoms with Gasteiger partial charge in [-0.05, 0) is 17.7 Å². The van der Waals surface area contributed by atoms with Gasteiger partial charge in [0.05, 0.1) is 18.8 Å². The van der Waals surface area contributed by atoms with Crippen LogP contribution in [0.5, 0.6) is 5.75 Å². The van der Waals surface area contributed by atoms with Gasteiger partial charge in [-0.15, -0.1) is 0 Å². The fourth-order valence-electron chi connectivity index (χ4n) is 1.59. The summed E-state index contributed by atoms with van der Waals surface area (Å²) in [5, 5.41) is 13.0. The highest BCUT2D eigenvalue weighted by Gasteiger charge is 2.04. The molecule has 2 rings (SSSR count). The average Bonchev–Trinajstić information content (AvgIpc) is 2.83. The van der Waals surface area contributed by atoms with Crippen molar-refractivity contribution in [3.63, 3.8) is 0 Å². The zero-order valence-electron chi connectivity index (χ0n) is 10.3. The first-order valence-electron chi connectivity index (χ1n) is 5.77. The lowest BCUT2D eigenvalue weighted by Gasteiger charge is -2.11. The Balaban J connectivity index is 2.10. The third-order valence-electron chi connectivity index (χ3n) is 2.57. The van der Waals surface area contributed by atoms with Crippen molar-refractivity contribution in [2.24, 2.45) is 12.8 Å². The number of benzene rings is 1. The van der Waals surface area contributed by atoms with Gasteiger partial charge < -0.3 is 15.6 Å². The Morgan fingerprint density at radius 1 is 1.44 bits per heavy atom. The van der Waals surface area contributed by atoms with Crippen LogP contribution in [0.3, 0.4) is 0 Å². The van der Waals surface area contributed by atoms with Gasteiger partial charge in [0.1, 0.15) is 12.4 Å². The van der Waals surface area contributed by atoms with E-state index in [4.69, 9.17) is 15.6 Å². The van der Waals surface area contributed by atoms with Crippen molar-refractivity contribution in [2.45, 2.75) is 6.04 Å². The molecule has 1 atom stereocenters. The van der Waals surface area contributed by atoms with E-state index in [1.54, 1.807) is 10.9 Å². The fourth-order valence-corrected chi connectivity index (χ4v) is 1.59. The summed E-state index contributed by atoms with van der Waals surface area (Å²) in [5.41, 5.74) is 7.66. The molecule has 0 fully saturated rings. The van der Waals surface area contributed by atoms with Crippen LogP contribution in [0.1, 0.15) is 0 Å². The molecule has 0 spiro atoms. The molecule has 0 saturated carbocycles. The highest BCUT2D eigenvalue weighted by Crippen LogP contribution is 2.23. The fraction of sp³-hybridized carbons (Fsp3) is 0.308. The third-order valence-corrected chi connectivity index (χ3v) is 2.57. The van der Waals surface area contributed by atoms with E-state index in [-0.39, 0.29) is 12.6 Å². The van der Waals surface area contributed by atoms with Gasteiger partial charge in [0.2, 0.25) is 0 Å². The van der Waals surface area contributed by atoms with Crippen molar-refractivity contribution >= 4 is 0 Å². The van der Waals surface area contributed by atoms with Crippen LogP contribution in [0.25, 0.3) is 11.1 Å². The SMILES string of the molecule is Cn1cc(-c2cccc(OCC(N)CO)c2)cn1. The number of aromatic nitrogens is 2. The summed E-state index contributed by atoms with van der Waals surface area (Å²) in [6, 6.07) is 7.36. The summed E-state index contributed by atoms with van der Waals surface area (Å²) < 4.78 is 7.27. The minimum absolute atomic E-state index is 0.0811.